The molecule has 1 heterocycles. The van der Waals surface area contributed by atoms with Crippen LogP contribution in [0.2, 0.25) is 0 Å². The first-order chi connectivity index (χ1) is 7.56. The van der Waals surface area contributed by atoms with Crippen molar-refractivity contribution in [1.29, 1.82) is 5.41 Å². The standard InChI is InChI=1S/C9H15FN4O2/c1-6(9(4-11)14(15)16)13-8-2-3-12-5-7(8)10/h4,7-8,11-13H,2-3,5H2,1H3/b9-6+,11-4?. The van der Waals surface area contributed by atoms with Gasteiger partial charge in [0.25, 0.3) is 0 Å². The minimum Gasteiger partial charge on any atom is -0.377 e. The van der Waals surface area contributed by atoms with Crippen molar-refractivity contribution in [2.75, 3.05) is 13.1 Å². The third kappa shape index (κ3) is 2.99. The van der Waals surface area contributed by atoms with Crippen molar-refractivity contribution in [2.45, 2.75) is 25.6 Å². The predicted molar refractivity (Wildman–Crippen MR) is 57.8 cm³/mol. The molecular formula is C9H15FN4O2. The van der Waals surface area contributed by atoms with Crippen LogP contribution in [0.1, 0.15) is 13.3 Å². The lowest BCUT2D eigenvalue weighted by atomic mass is 10.0. The zero-order valence-electron chi connectivity index (χ0n) is 9.00. The molecule has 0 bridgehead atoms. The van der Waals surface area contributed by atoms with Crippen LogP contribution >= 0.6 is 0 Å². The van der Waals surface area contributed by atoms with E-state index in [1.165, 1.54) is 6.92 Å². The fourth-order valence-electron chi connectivity index (χ4n) is 1.63. The Morgan fingerprint density at radius 1 is 1.75 bits per heavy atom. The van der Waals surface area contributed by atoms with Gasteiger partial charge in [-0.25, -0.2) is 4.39 Å². The number of nitro groups is 1. The largest absolute Gasteiger partial charge is 0.377 e. The Morgan fingerprint density at radius 2 is 2.44 bits per heavy atom. The molecule has 0 radical (unpaired) electrons. The molecule has 2 unspecified atom stereocenters. The first-order valence-electron chi connectivity index (χ1n) is 5.03. The van der Waals surface area contributed by atoms with Crippen molar-refractivity contribution in [1.82, 2.24) is 10.6 Å². The molecule has 3 N–H and O–H groups in total. The quantitative estimate of drug-likeness (QED) is 0.371. The maximum Gasteiger partial charge on any atom is 0.305 e. The second kappa shape index (κ2) is 5.55. The third-order valence-corrected chi connectivity index (χ3v) is 2.53. The molecule has 1 aliphatic heterocycles. The third-order valence-electron chi connectivity index (χ3n) is 2.53. The normalized spacial score (nSPS) is 26.9. The van der Waals surface area contributed by atoms with Crippen LogP contribution in [0.3, 0.4) is 0 Å². The minimum absolute atomic E-state index is 0.231. The fraction of sp³-hybridized carbons (Fsp3) is 0.667. The summed E-state index contributed by atoms with van der Waals surface area (Å²) >= 11 is 0. The first kappa shape index (κ1) is 12.6. The van der Waals surface area contributed by atoms with E-state index < -0.39 is 17.1 Å². The first-order valence-corrected chi connectivity index (χ1v) is 5.03. The molecule has 0 spiro atoms. The molecule has 0 aromatic rings. The van der Waals surface area contributed by atoms with Gasteiger partial charge in [0.1, 0.15) is 6.17 Å². The molecule has 0 saturated carbocycles. The number of allylic oxidation sites excluding steroid dienone is 2. The Bertz CT molecular complexity index is 319. The molecule has 6 nitrogen and oxygen atoms in total. The molecule has 16 heavy (non-hydrogen) atoms. The van der Waals surface area contributed by atoms with Gasteiger partial charge in [-0.15, -0.1) is 0 Å². The van der Waals surface area contributed by atoms with E-state index in [-0.39, 0.29) is 17.9 Å². The number of piperidine rings is 1. The highest BCUT2D eigenvalue weighted by Crippen LogP contribution is 2.10. The van der Waals surface area contributed by atoms with E-state index in [9.17, 15) is 14.5 Å². The number of hydrogen-bond acceptors (Lipinski definition) is 5. The Balaban J connectivity index is 2.71. The van der Waals surface area contributed by atoms with Gasteiger partial charge in [0.05, 0.1) is 22.9 Å². The summed E-state index contributed by atoms with van der Waals surface area (Å²) in [5.74, 6) is 0. The topological polar surface area (TPSA) is 91.0 Å². The van der Waals surface area contributed by atoms with Gasteiger partial charge >= 0.3 is 5.70 Å². The number of nitrogens with zero attached hydrogens (tertiary/aromatic N) is 1. The molecule has 1 saturated heterocycles. The summed E-state index contributed by atoms with van der Waals surface area (Å²) in [7, 11) is 0. The summed E-state index contributed by atoms with van der Waals surface area (Å²) in [5, 5.41) is 23.1. The highest BCUT2D eigenvalue weighted by atomic mass is 19.1. The molecule has 90 valence electrons. The van der Waals surface area contributed by atoms with Crippen LogP contribution in [0.15, 0.2) is 11.4 Å². The highest BCUT2D eigenvalue weighted by molar-refractivity contribution is 5.73. The monoisotopic (exact) mass is 230 g/mol. The lowest BCUT2D eigenvalue weighted by molar-refractivity contribution is -0.415. The summed E-state index contributed by atoms with van der Waals surface area (Å²) in [4.78, 5) is 9.90. The van der Waals surface area contributed by atoms with E-state index in [4.69, 9.17) is 5.41 Å². The Morgan fingerprint density at radius 3 is 2.94 bits per heavy atom. The van der Waals surface area contributed by atoms with Crippen molar-refractivity contribution in [3.8, 4) is 0 Å². The van der Waals surface area contributed by atoms with Gasteiger partial charge in [0, 0.05) is 6.54 Å². The summed E-state index contributed by atoms with van der Waals surface area (Å²) in [6, 6.07) is -0.420. The van der Waals surface area contributed by atoms with Gasteiger partial charge in [0.2, 0.25) is 0 Å². The molecule has 7 heteroatoms. The second-order valence-corrected chi connectivity index (χ2v) is 3.67. The van der Waals surface area contributed by atoms with Crippen molar-refractivity contribution in [3.05, 3.63) is 21.5 Å². The van der Waals surface area contributed by atoms with E-state index >= 15 is 0 Å². The molecule has 0 aromatic heterocycles. The van der Waals surface area contributed by atoms with Gasteiger partial charge in [-0.05, 0) is 19.9 Å². The van der Waals surface area contributed by atoms with Crippen LogP contribution in [-0.2, 0) is 0 Å². The molecule has 2 atom stereocenters. The van der Waals surface area contributed by atoms with E-state index in [0.29, 0.717) is 19.2 Å². The minimum atomic E-state index is -1.07. The fourth-order valence-corrected chi connectivity index (χ4v) is 1.63. The average molecular weight is 230 g/mol. The molecule has 0 amide bonds. The highest BCUT2D eigenvalue weighted by Gasteiger charge is 2.26. The lowest BCUT2D eigenvalue weighted by Crippen LogP contribution is -2.48. The molecule has 1 fully saturated rings. The maximum atomic E-state index is 13.4. The smallest absolute Gasteiger partial charge is 0.305 e. The molecule has 0 aliphatic carbocycles. The second-order valence-electron chi connectivity index (χ2n) is 3.67. The van der Waals surface area contributed by atoms with Crippen LogP contribution < -0.4 is 10.6 Å². The van der Waals surface area contributed by atoms with Gasteiger partial charge in [0.15, 0.2) is 0 Å². The van der Waals surface area contributed by atoms with E-state index in [1.807, 2.05) is 0 Å². The summed E-state index contributed by atoms with van der Waals surface area (Å²) in [5.41, 5.74) is -0.0970. The summed E-state index contributed by atoms with van der Waals surface area (Å²) in [6.45, 7) is 2.42. The Hall–Kier alpha value is -1.50. The number of halogens is 1. The lowest BCUT2D eigenvalue weighted by Gasteiger charge is -2.28. The molecule has 0 aromatic carbocycles. The van der Waals surface area contributed by atoms with Crippen molar-refractivity contribution in [2.24, 2.45) is 0 Å². The summed E-state index contributed by atoms with van der Waals surface area (Å²) < 4.78 is 13.4. The van der Waals surface area contributed by atoms with Crippen LogP contribution in [0.5, 0.6) is 0 Å². The van der Waals surface area contributed by atoms with Crippen molar-refractivity contribution >= 4 is 6.21 Å². The average Bonchev–Trinajstić information content (AvgIpc) is 2.22. The van der Waals surface area contributed by atoms with Crippen molar-refractivity contribution in [3.63, 3.8) is 0 Å². The molecule has 1 rings (SSSR count). The SMILES string of the molecule is C/C(NC1CCNCC1F)=C(/C=N)[N+](=O)[O-]. The van der Waals surface area contributed by atoms with Crippen LogP contribution in [0, 0.1) is 15.5 Å². The Kier molecular flexibility index (Phi) is 4.36. The van der Waals surface area contributed by atoms with Crippen LogP contribution in [0.25, 0.3) is 0 Å². The zero-order valence-corrected chi connectivity index (χ0v) is 9.00. The number of nitrogens with one attached hydrogen (secondary N) is 3. The van der Waals surface area contributed by atoms with Crippen LogP contribution in [-0.4, -0.2) is 36.4 Å². The van der Waals surface area contributed by atoms with E-state index in [0.717, 1.165) is 0 Å². The van der Waals surface area contributed by atoms with Crippen LogP contribution in [0.4, 0.5) is 4.39 Å². The van der Waals surface area contributed by atoms with Gasteiger partial charge in [-0.3, -0.25) is 10.1 Å². The molecule has 1 aliphatic rings. The van der Waals surface area contributed by atoms with E-state index in [1.54, 1.807) is 0 Å². The number of hydrogen-bond donors (Lipinski definition) is 3. The van der Waals surface area contributed by atoms with E-state index in [2.05, 4.69) is 10.6 Å². The summed E-state index contributed by atoms with van der Waals surface area (Å²) in [6.07, 6.45) is 0.167. The van der Waals surface area contributed by atoms with Gasteiger partial charge < -0.3 is 16.0 Å². The zero-order chi connectivity index (χ0) is 12.1. The number of alkyl halides is 1. The Labute approximate surface area is 92.6 Å². The number of rotatable bonds is 4. The predicted octanol–water partition coefficient (Wildman–Crippen LogP) is 0.434. The van der Waals surface area contributed by atoms with Crippen molar-refractivity contribution < 1.29 is 9.31 Å². The van der Waals surface area contributed by atoms with Gasteiger partial charge in [-0.2, -0.15) is 0 Å². The molecular weight excluding hydrogens is 215 g/mol. The maximum absolute atomic E-state index is 13.4. The van der Waals surface area contributed by atoms with Gasteiger partial charge in [-0.1, -0.05) is 0 Å².